The van der Waals surface area contributed by atoms with Crippen LogP contribution in [-0.4, -0.2) is 33.4 Å². The molecule has 0 radical (unpaired) electrons. The molecule has 5 nitrogen and oxygen atoms in total. The largest absolute Gasteiger partial charge is 0.496 e. The lowest BCUT2D eigenvalue weighted by atomic mass is 10.1. The van der Waals surface area contributed by atoms with Crippen LogP contribution >= 0.6 is 0 Å². The van der Waals surface area contributed by atoms with Gasteiger partial charge >= 0.3 is 0 Å². The first kappa shape index (κ1) is 14.0. The maximum atomic E-state index is 10.9. The number of methoxy groups -OCH3 is 1. The topological polar surface area (TPSA) is 75.6 Å². The predicted molar refractivity (Wildman–Crippen MR) is 65.5 cm³/mol. The van der Waals surface area contributed by atoms with Crippen molar-refractivity contribution in [2.75, 3.05) is 19.9 Å². The smallest absolute Gasteiger partial charge is 0.208 e. The molecule has 0 aliphatic rings. The summed E-state index contributed by atoms with van der Waals surface area (Å²) < 4.78 is 29.2. The van der Waals surface area contributed by atoms with Gasteiger partial charge in [0, 0.05) is 12.1 Å². The molecule has 0 amide bonds. The molecule has 1 aromatic carbocycles. The molecule has 0 aliphatic carbocycles. The fourth-order valence-corrected chi connectivity index (χ4v) is 1.92. The van der Waals surface area contributed by atoms with Crippen LogP contribution in [0.1, 0.15) is 17.2 Å². The minimum atomic E-state index is -3.31. The minimum Gasteiger partial charge on any atom is -0.496 e. The number of nitrogens with one attached hydrogen (secondary N) is 1. The van der Waals surface area contributed by atoms with E-state index in [4.69, 9.17) is 4.74 Å². The lowest BCUT2D eigenvalue weighted by Crippen LogP contribution is -2.27. The van der Waals surface area contributed by atoms with E-state index in [2.05, 4.69) is 4.72 Å². The average molecular weight is 259 g/mol. The third-order valence-corrected chi connectivity index (χ3v) is 2.97. The predicted octanol–water partition coefficient (Wildman–Crippen LogP) is 0.586. The molecule has 0 aliphatic heterocycles. The van der Waals surface area contributed by atoms with Crippen LogP contribution in [-0.2, 0) is 10.0 Å². The number of rotatable bonds is 5. The van der Waals surface area contributed by atoms with E-state index in [0.29, 0.717) is 11.3 Å². The van der Waals surface area contributed by atoms with E-state index in [1.54, 1.807) is 12.1 Å². The number of benzene rings is 1. The van der Waals surface area contributed by atoms with Gasteiger partial charge in [0.1, 0.15) is 5.75 Å². The molecule has 0 aromatic heterocycles. The van der Waals surface area contributed by atoms with Crippen molar-refractivity contribution >= 4 is 10.0 Å². The highest BCUT2D eigenvalue weighted by Gasteiger charge is 2.15. The van der Waals surface area contributed by atoms with Gasteiger partial charge < -0.3 is 9.84 Å². The highest BCUT2D eigenvalue weighted by molar-refractivity contribution is 7.88. The molecule has 1 unspecified atom stereocenters. The number of aryl methyl sites for hydroxylation is 1. The van der Waals surface area contributed by atoms with Crippen molar-refractivity contribution in [1.29, 1.82) is 0 Å². The van der Waals surface area contributed by atoms with Crippen molar-refractivity contribution in [2.24, 2.45) is 0 Å². The van der Waals surface area contributed by atoms with Gasteiger partial charge in [-0.25, -0.2) is 13.1 Å². The number of sulfonamides is 1. The second-order valence-electron chi connectivity index (χ2n) is 3.88. The summed E-state index contributed by atoms with van der Waals surface area (Å²) in [6.45, 7) is 1.82. The first-order valence-corrected chi connectivity index (χ1v) is 7.00. The SMILES string of the molecule is COc1ccc(C)cc1C(O)CNS(C)(=O)=O. The van der Waals surface area contributed by atoms with Crippen molar-refractivity contribution in [3.05, 3.63) is 29.3 Å². The van der Waals surface area contributed by atoms with Gasteiger partial charge in [0.05, 0.1) is 19.5 Å². The lowest BCUT2D eigenvalue weighted by molar-refractivity contribution is 0.177. The monoisotopic (exact) mass is 259 g/mol. The fraction of sp³-hybridized carbons (Fsp3) is 0.455. The molecule has 96 valence electrons. The van der Waals surface area contributed by atoms with E-state index < -0.39 is 16.1 Å². The molecular weight excluding hydrogens is 242 g/mol. The molecule has 1 atom stereocenters. The Morgan fingerprint density at radius 3 is 2.65 bits per heavy atom. The Bertz CT molecular complexity index is 484. The van der Waals surface area contributed by atoms with Crippen LogP contribution in [0.25, 0.3) is 0 Å². The number of aliphatic hydroxyl groups is 1. The fourth-order valence-electron chi connectivity index (χ4n) is 1.45. The zero-order valence-corrected chi connectivity index (χ0v) is 10.9. The van der Waals surface area contributed by atoms with Gasteiger partial charge in [-0.2, -0.15) is 0 Å². The number of ether oxygens (including phenoxy) is 1. The van der Waals surface area contributed by atoms with Gasteiger partial charge in [0.15, 0.2) is 0 Å². The normalized spacial score (nSPS) is 13.4. The molecule has 2 N–H and O–H groups in total. The first-order valence-electron chi connectivity index (χ1n) is 5.10. The Labute approximate surface area is 101 Å². The molecule has 0 fully saturated rings. The molecule has 6 heteroatoms. The molecule has 1 aromatic rings. The highest BCUT2D eigenvalue weighted by atomic mass is 32.2. The maximum Gasteiger partial charge on any atom is 0.208 e. The summed E-state index contributed by atoms with van der Waals surface area (Å²) >= 11 is 0. The lowest BCUT2D eigenvalue weighted by Gasteiger charge is -2.15. The molecule has 0 saturated carbocycles. The summed E-state index contributed by atoms with van der Waals surface area (Å²) in [6, 6.07) is 5.38. The van der Waals surface area contributed by atoms with Crippen LogP contribution < -0.4 is 9.46 Å². The van der Waals surface area contributed by atoms with Crippen molar-refractivity contribution in [2.45, 2.75) is 13.0 Å². The van der Waals surface area contributed by atoms with E-state index in [1.165, 1.54) is 7.11 Å². The van der Waals surface area contributed by atoms with Gasteiger partial charge in [-0.3, -0.25) is 0 Å². The summed E-state index contributed by atoms with van der Waals surface area (Å²) in [7, 11) is -1.80. The average Bonchev–Trinajstić information content (AvgIpc) is 2.25. The van der Waals surface area contributed by atoms with Crippen LogP contribution in [0.4, 0.5) is 0 Å². The Kier molecular flexibility index (Phi) is 4.50. The van der Waals surface area contributed by atoms with Crippen molar-refractivity contribution in [1.82, 2.24) is 4.72 Å². The number of hydrogen-bond donors (Lipinski definition) is 2. The molecule has 0 spiro atoms. The van der Waals surface area contributed by atoms with E-state index >= 15 is 0 Å². The molecule has 0 saturated heterocycles. The minimum absolute atomic E-state index is 0.0708. The van der Waals surface area contributed by atoms with Crippen molar-refractivity contribution in [3.8, 4) is 5.75 Å². The van der Waals surface area contributed by atoms with Gasteiger partial charge in [-0.1, -0.05) is 11.6 Å². The number of hydrogen-bond acceptors (Lipinski definition) is 4. The first-order chi connectivity index (χ1) is 7.83. The Hall–Kier alpha value is -1.11. The highest BCUT2D eigenvalue weighted by Crippen LogP contribution is 2.25. The Morgan fingerprint density at radius 2 is 2.12 bits per heavy atom. The zero-order valence-electron chi connectivity index (χ0n) is 10.1. The van der Waals surface area contributed by atoms with Crippen molar-refractivity contribution in [3.63, 3.8) is 0 Å². The van der Waals surface area contributed by atoms with E-state index in [9.17, 15) is 13.5 Å². The van der Waals surface area contributed by atoms with E-state index in [-0.39, 0.29) is 6.54 Å². The second kappa shape index (κ2) is 5.48. The third kappa shape index (κ3) is 4.33. The standard InChI is InChI=1S/C11H17NO4S/c1-8-4-5-11(16-2)9(6-8)10(13)7-12-17(3,14)15/h4-6,10,12-13H,7H2,1-3H3. The summed E-state index contributed by atoms with van der Waals surface area (Å²) in [5.41, 5.74) is 1.54. The van der Waals surface area contributed by atoms with E-state index in [1.807, 2.05) is 13.0 Å². The zero-order chi connectivity index (χ0) is 13.1. The van der Waals surface area contributed by atoms with Crippen LogP contribution in [0, 0.1) is 6.92 Å². The van der Waals surface area contributed by atoms with E-state index in [0.717, 1.165) is 11.8 Å². The van der Waals surface area contributed by atoms with Crippen molar-refractivity contribution < 1.29 is 18.3 Å². The number of aliphatic hydroxyl groups excluding tert-OH is 1. The molecule has 0 heterocycles. The summed E-state index contributed by atoms with van der Waals surface area (Å²) in [6.07, 6.45) is 0.118. The third-order valence-electron chi connectivity index (χ3n) is 2.28. The van der Waals surface area contributed by atoms with Gasteiger partial charge in [-0.15, -0.1) is 0 Å². The molecule has 0 bridgehead atoms. The quantitative estimate of drug-likeness (QED) is 0.811. The van der Waals surface area contributed by atoms with Crippen LogP contribution in [0.3, 0.4) is 0 Å². The Morgan fingerprint density at radius 1 is 1.47 bits per heavy atom. The summed E-state index contributed by atoms with van der Waals surface area (Å²) in [5.74, 6) is 0.540. The second-order valence-corrected chi connectivity index (χ2v) is 5.71. The van der Waals surface area contributed by atoms with Crippen LogP contribution in [0.5, 0.6) is 5.75 Å². The molecule has 1 rings (SSSR count). The summed E-state index contributed by atoms with van der Waals surface area (Å²) in [5, 5.41) is 9.91. The Balaban J connectivity index is 2.87. The van der Waals surface area contributed by atoms with Gasteiger partial charge in [0.25, 0.3) is 0 Å². The molecular formula is C11H17NO4S. The summed E-state index contributed by atoms with van der Waals surface area (Å²) in [4.78, 5) is 0. The van der Waals surface area contributed by atoms with Crippen LogP contribution in [0.15, 0.2) is 18.2 Å². The van der Waals surface area contributed by atoms with Gasteiger partial charge in [0.2, 0.25) is 10.0 Å². The maximum absolute atomic E-state index is 10.9. The van der Waals surface area contributed by atoms with Gasteiger partial charge in [-0.05, 0) is 19.1 Å². The van der Waals surface area contributed by atoms with Crippen LogP contribution in [0.2, 0.25) is 0 Å². The molecule has 17 heavy (non-hydrogen) atoms.